The average molecular weight is 267 g/mol. The van der Waals surface area contributed by atoms with Gasteiger partial charge in [-0.3, -0.25) is 4.79 Å². The van der Waals surface area contributed by atoms with Gasteiger partial charge in [0.15, 0.2) is 5.76 Å². The molecule has 1 aliphatic rings. The van der Waals surface area contributed by atoms with Crippen molar-refractivity contribution >= 4 is 16.9 Å². The molecule has 2 aromatic heterocycles. The first-order valence-electron chi connectivity index (χ1n) is 6.59. The van der Waals surface area contributed by atoms with E-state index in [0.717, 1.165) is 16.8 Å². The summed E-state index contributed by atoms with van der Waals surface area (Å²) in [4.78, 5) is 15.7. The van der Waals surface area contributed by atoms with Crippen LogP contribution in [0.5, 0.6) is 0 Å². The first kappa shape index (κ1) is 11.3. The summed E-state index contributed by atoms with van der Waals surface area (Å²) in [6.07, 6.45) is 6.29. The van der Waals surface area contributed by atoms with Gasteiger partial charge >= 0.3 is 0 Å². The van der Waals surface area contributed by atoms with E-state index in [1.54, 1.807) is 12.4 Å². The Morgan fingerprint density at radius 2 is 2.25 bits per heavy atom. The van der Waals surface area contributed by atoms with E-state index in [0.29, 0.717) is 11.5 Å². The normalized spacial score (nSPS) is 14.8. The molecule has 1 aromatic carbocycles. The van der Waals surface area contributed by atoms with Crippen molar-refractivity contribution < 1.29 is 9.21 Å². The lowest BCUT2D eigenvalue weighted by Crippen LogP contribution is -2.09. The zero-order valence-corrected chi connectivity index (χ0v) is 10.7. The third-order valence-electron chi connectivity index (χ3n) is 3.66. The molecule has 5 heteroatoms. The summed E-state index contributed by atoms with van der Waals surface area (Å²) in [7, 11) is 0. The minimum absolute atomic E-state index is 0.176. The molecular weight excluding hydrogens is 254 g/mol. The Morgan fingerprint density at radius 3 is 3.00 bits per heavy atom. The van der Waals surface area contributed by atoms with Crippen molar-refractivity contribution in [2.75, 3.05) is 0 Å². The lowest BCUT2D eigenvalue weighted by molar-refractivity contribution is 0.0976. The van der Waals surface area contributed by atoms with E-state index in [2.05, 4.69) is 4.98 Å². The van der Waals surface area contributed by atoms with Crippen molar-refractivity contribution in [3.63, 3.8) is 0 Å². The van der Waals surface area contributed by atoms with Gasteiger partial charge in [0.25, 0.3) is 5.91 Å². The van der Waals surface area contributed by atoms with Crippen molar-refractivity contribution in [2.45, 2.75) is 18.8 Å². The van der Waals surface area contributed by atoms with E-state index in [-0.39, 0.29) is 5.76 Å². The number of hydrogen-bond donors (Lipinski definition) is 1. The summed E-state index contributed by atoms with van der Waals surface area (Å²) in [5.41, 5.74) is 7.99. The molecule has 2 N–H and O–H groups in total. The largest absolute Gasteiger partial charge is 0.451 e. The number of benzene rings is 1. The van der Waals surface area contributed by atoms with Gasteiger partial charge < -0.3 is 14.7 Å². The number of imidazole rings is 1. The highest BCUT2D eigenvalue weighted by Crippen LogP contribution is 2.39. The van der Waals surface area contributed by atoms with Crippen LogP contribution in [0.3, 0.4) is 0 Å². The lowest BCUT2D eigenvalue weighted by Gasteiger charge is -2.02. The van der Waals surface area contributed by atoms with Crippen molar-refractivity contribution in [3.05, 3.63) is 48.2 Å². The molecule has 4 rings (SSSR count). The van der Waals surface area contributed by atoms with E-state index in [9.17, 15) is 4.79 Å². The number of fused-ring (bicyclic) bond motifs is 1. The third-order valence-corrected chi connectivity index (χ3v) is 3.66. The van der Waals surface area contributed by atoms with Crippen LogP contribution in [0.4, 0.5) is 0 Å². The minimum atomic E-state index is -0.559. The summed E-state index contributed by atoms with van der Waals surface area (Å²) in [5.74, 6) is 0.229. The zero-order valence-electron chi connectivity index (χ0n) is 10.7. The monoisotopic (exact) mass is 267 g/mol. The van der Waals surface area contributed by atoms with Crippen LogP contribution in [0, 0.1) is 0 Å². The Morgan fingerprint density at radius 1 is 1.40 bits per heavy atom. The fraction of sp³-hybridized carbons (Fsp3) is 0.200. The standard InChI is InChI=1S/C15H13N3O2/c16-15(19)14-6-10-12(2-1-3-13(10)20-14)18-7-11(17-8-18)9-4-5-9/h1-3,6-9H,4-5H2,(H2,16,19). The summed E-state index contributed by atoms with van der Waals surface area (Å²) >= 11 is 0. The van der Waals surface area contributed by atoms with Gasteiger partial charge in [-0.05, 0) is 31.0 Å². The Labute approximate surface area is 115 Å². The summed E-state index contributed by atoms with van der Waals surface area (Å²) in [6.45, 7) is 0. The second kappa shape index (κ2) is 3.96. The van der Waals surface area contributed by atoms with Crippen LogP contribution in [-0.4, -0.2) is 15.5 Å². The molecule has 0 unspecified atom stereocenters. The molecule has 3 aromatic rings. The molecule has 0 saturated heterocycles. The molecule has 1 aliphatic carbocycles. The van der Waals surface area contributed by atoms with Gasteiger partial charge in [-0.25, -0.2) is 4.98 Å². The number of carbonyl (C=O) groups is 1. The second-order valence-electron chi connectivity index (χ2n) is 5.14. The first-order valence-corrected chi connectivity index (χ1v) is 6.59. The average Bonchev–Trinajstić information content (AvgIpc) is 3.02. The van der Waals surface area contributed by atoms with E-state index < -0.39 is 5.91 Å². The minimum Gasteiger partial charge on any atom is -0.451 e. The molecule has 1 amide bonds. The van der Waals surface area contributed by atoms with Crippen LogP contribution < -0.4 is 5.73 Å². The van der Waals surface area contributed by atoms with Crippen LogP contribution in [0.1, 0.15) is 35.0 Å². The van der Waals surface area contributed by atoms with Crippen LogP contribution >= 0.6 is 0 Å². The molecule has 0 atom stereocenters. The van der Waals surface area contributed by atoms with Crippen molar-refractivity contribution in [1.29, 1.82) is 0 Å². The fourth-order valence-corrected chi connectivity index (χ4v) is 2.45. The maximum Gasteiger partial charge on any atom is 0.284 e. The Bertz CT molecular complexity index is 812. The number of carbonyl (C=O) groups excluding carboxylic acids is 1. The number of nitrogens with two attached hydrogens (primary N) is 1. The molecule has 1 fully saturated rings. The van der Waals surface area contributed by atoms with E-state index in [1.165, 1.54) is 12.8 Å². The number of furan rings is 1. The van der Waals surface area contributed by atoms with E-state index >= 15 is 0 Å². The van der Waals surface area contributed by atoms with Gasteiger partial charge in [-0.1, -0.05) is 6.07 Å². The molecule has 2 heterocycles. The van der Waals surface area contributed by atoms with Crippen molar-refractivity contribution in [2.24, 2.45) is 5.73 Å². The molecule has 0 bridgehead atoms. The topological polar surface area (TPSA) is 74.1 Å². The lowest BCUT2D eigenvalue weighted by atomic mass is 10.2. The highest BCUT2D eigenvalue weighted by Gasteiger charge is 2.26. The maximum absolute atomic E-state index is 11.2. The van der Waals surface area contributed by atoms with Crippen LogP contribution in [-0.2, 0) is 0 Å². The third kappa shape index (κ3) is 1.71. The maximum atomic E-state index is 11.2. The molecule has 5 nitrogen and oxygen atoms in total. The Kier molecular flexibility index (Phi) is 2.24. The van der Waals surface area contributed by atoms with Crippen molar-refractivity contribution in [1.82, 2.24) is 9.55 Å². The second-order valence-corrected chi connectivity index (χ2v) is 5.14. The zero-order chi connectivity index (χ0) is 13.7. The highest BCUT2D eigenvalue weighted by molar-refractivity contribution is 5.97. The molecule has 1 saturated carbocycles. The highest BCUT2D eigenvalue weighted by atomic mass is 16.3. The van der Waals surface area contributed by atoms with Crippen molar-refractivity contribution in [3.8, 4) is 5.69 Å². The Hall–Kier alpha value is -2.56. The van der Waals surface area contributed by atoms with Gasteiger partial charge in [0.2, 0.25) is 0 Å². The predicted molar refractivity (Wildman–Crippen MR) is 73.8 cm³/mol. The number of hydrogen-bond acceptors (Lipinski definition) is 3. The molecule has 0 aliphatic heterocycles. The van der Waals surface area contributed by atoms with Crippen LogP contribution in [0.15, 0.2) is 41.2 Å². The summed E-state index contributed by atoms with van der Waals surface area (Å²) in [5, 5.41) is 0.862. The van der Waals surface area contributed by atoms with E-state index in [4.69, 9.17) is 10.2 Å². The van der Waals surface area contributed by atoms with Gasteiger partial charge in [-0.15, -0.1) is 0 Å². The van der Waals surface area contributed by atoms with Gasteiger partial charge in [0, 0.05) is 17.5 Å². The summed E-state index contributed by atoms with van der Waals surface area (Å²) < 4.78 is 7.42. The number of nitrogens with zero attached hydrogens (tertiary/aromatic N) is 2. The van der Waals surface area contributed by atoms with Gasteiger partial charge in [0.1, 0.15) is 5.58 Å². The van der Waals surface area contributed by atoms with Gasteiger partial charge in [-0.2, -0.15) is 0 Å². The van der Waals surface area contributed by atoms with Crippen LogP contribution in [0.2, 0.25) is 0 Å². The Balaban J connectivity index is 1.86. The molecule has 20 heavy (non-hydrogen) atoms. The van der Waals surface area contributed by atoms with Crippen LogP contribution in [0.25, 0.3) is 16.7 Å². The summed E-state index contributed by atoms with van der Waals surface area (Å²) in [6, 6.07) is 7.37. The van der Waals surface area contributed by atoms with E-state index in [1.807, 2.05) is 29.0 Å². The molecule has 0 radical (unpaired) electrons. The number of amides is 1. The smallest absolute Gasteiger partial charge is 0.284 e. The molecule has 0 spiro atoms. The quantitative estimate of drug-likeness (QED) is 0.792. The number of primary amides is 1. The fourth-order valence-electron chi connectivity index (χ4n) is 2.45. The predicted octanol–water partition coefficient (Wildman–Crippen LogP) is 2.59. The first-order chi connectivity index (χ1) is 9.72. The molecule has 100 valence electrons. The number of rotatable bonds is 3. The number of aromatic nitrogens is 2. The van der Waals surface area contributed by atoms with Gasteiger partial charge in [0.05, 0.1) is 17.7 Å². The SMILES string of the molecule is NC(=O)c1cc2c(-n3cnc(C4CC4)c3)cccc2o1. The molecular formula is C15H13N3O2.